The second-order valence-corrected chi connectivity index (χ2v) is 11.8. The number of fused-ring (bicyclic) bond motifs is 1. The van der Waals surface area contributed by atoms with E-state index in [4.69, 9.17) is 9.47 Å². The maximum atomic E-state index is 11.3. The molecule has 3 aliphatic rings. The van der Waals surface area contributed by atoms with Crippen LogP contribution < -0.4 is 14.8 Å². The van der Waals surface area contributed by atoms with Crippen molar-refractivity contribution in [3.63, 3.8) is 0 Å². The molecule has 0 bridgehead atoms. The molecule has 2 heterocycles. The van der Waals surface area contributed by atoms with Gasteiger partial charge in [0.15, 0.2) is 0 Å². The summed E-state index contributed by atoms with van der Waals surface area (Å²) in [5, 5.41) is 13.1. The van der Waals surface area contributed by atoms with E-state index in [1.54, 1.807) is 20.2 Å². The van der Waals surface area contributed by atoms with E-state index in [0.29, 0.717) is 18.3 Å². The normalized spacial score (nSPS) is 18.0. The molecule has 2 N–H and O–H groups in total. The monoisotopic (exact) mass is 586 g/mol. The molecule has 2 aliphatic carbocycles. The van der Waals surface area contributed by atoms with Crippen molar-refractivity contribution in [2.24, 2.45) is 5.92 Å². The summed E-state index contributed by atoms with van der Waals surface area (Å²) in [5.41, 5.74) is 6.88. The number of nitrogens with zero attached hydrogens (tertiary/aromatic N) is 1. The number of aliphatic carboxylic acids is 1. The molecule has 1 aromatic heterocycles. The number of carboxylic acid groups (broad SMARTS) is 1. The van der Waals surface area contributed by atoms with Crippen molar-refractivity contribution in [2.75, 3.05) is 7.11 Å². The molecule has 1 aliphatic heterocycles. The topological polar surface area (TPSA) is 80.7 Å². The summed E-state index contributed by atoms with van der Waals surface area (Å²) in [5.74, 6) is 0.285. The Bertz CT molecular complexity index is 1310. The van der Waals surface area contributed by atoms with Gasteiger partial charge >= 0.3 is 5.97 Å². The first-order valence-electron chi connectivity index (χ1n) is 16.4. The second-order valence-electron chi connectivity index (χ2n) is 11.8. The standard InChI is InChI=1S/C32H38N2O4.C3H6.C2H6/c1-21(32(35)36)16-22-8-9-23-11-13-29(38-30(23)17-22)25-10-12-28(24-14-15-33-31(19-24)37-2)26(18-25)20-34-27-6-4-3-5-7-27;1-2-3-1;1-2/h8-10,12,14-15,17-19,21,27,29,34H,3-7,11,13,16,20H2,1-2H3,(H,35,36);1-3H2;1-2H3/t21?,29-;;/m0../s1. The van der Waals surface area contributed by atoms with E-state index in [9.17, 15) is 9.90 Å². The minimum absolute atomic E-state index is 0.0379. The zero-order chi connectivity index (χ0) is 30.6. The number of pyridine rings is 1. The zero-order valence-electron chi connectivity index (χ0n) is 26.5. The Kier molecular flexibility index (Phi) is 12.5. The molecule has 2 saturated carbocycles. The van der Waals surface area contributed by atoms with Crippen LogP contribution in [0.5, 0.6) is 11.6 Å². The molecular weight excluding hydrogens is 536 g/mol. The van der Waals surface area contributed by atoms with Gasteiger partial charge in [0.05, 0.1) is 13.0 Å². The van der Waals surface area contributed by atoms with Gasteiger partial charge in [-0.05, 0) is 77.6 Å². The van der Waals surface area contributed by atoms with Crippen molar-refractivity contribution in [1.29, 1.82) is 0 Å². The van der Waals surface area contributed by atoms with Crippen LogP contribution in [-0.4, -0.2) is 29.2 Å². The van der Waals surface area contributed by atoms with Crippen LogP contribution in [0.3, 0.4) is 0 Å². The number of aromatic nitrogens is 1. The SMILES string of the molecule is C1CC1.CC.COc1cc(-c2ccc([C@@H]3CCc4ccc(CC(C)C(=O)O)cc4O3)cc2CNC2CCCCC2)ccn1. The van der Waals surface area contributed by atoms with Crippen LogP contribution in [0.1, 0.15) is 107 Å². The Labute approximate surface area is 258 Å². The highest BCUT2D eigenvalue weighted by Crippen LogP contribution is 2.38. The van der Waals surface area contributed by atoms with E-state index in [0.717, 1.165) is 36.3 Å². The van der Waals surface area contributed by atoms with Crippen molar-refractivity contribution in [2.45, 2.75) is 110 Å². The van der Waals surface area contributed by atoms with Gasteiger partial charge in [0, 0.05) is 24.8 Å². The van der Waals surface area contributed by atoms with Gasteiger partial charge in [-0.15, -0.1) is 0 Å². The molecule has 232 valence electrons. The predicted octanol–water partition coefficient (Wildman–Crippen LogP) is 8.71. The molecule has 0 spiro atoms. The van der Waals surface area contributed by atoms with Gasteiger partial charge < -0.3 is 19.9 Å². The van der Waals surface area contributed by atoms with Gasteiger partial charge in [-0.25, -0.2) is 4.98 Å². The number of carbonyl (C=O) groups is 1. The van der Waals surface area contributed by atoms with Crippen LogP contribution in [0.2, 0.25) is 0 Å². The maximum absolute atomic E-state index is 11.3. The summed E-state index contributed by atoms with van der Waals surface area (Å²) in [6, 6.07) is 17.4. The minimum atomic E-state index is -0.775. The van der Waals surface area contributed by atoms with Crippen LogP contribution in [0.25, 0.3) is 11.1 Å². The lowest BCUT2D eigenvalue weighted by molar-refractivity contribution is -0.141. The molecule has 2 fully saturated rings. The quantitative estimate of drug-likeness (QED) is 0.261. The summed E-state index contributed by atoms with van der Waals surface area (Å²) in [7, 11) is 1.65. The lowest BCUT2D eigenvalue weighted by Gasteiger charge is -2.28. The third kappa shape index (κ3) is 9.56. The van der Waals surface area contributed by atoms with Crippen molar-refractivity contribution in [3.8, 4) is 22.8 Å². The van der Waals surface area contributed by atoms with E-state index in [1.807, 2.05) is 38.1 Å². The van der Waals surface area contributed by atoms with Crippen LogP contribution in [0.4, 0.5) is 0 Å². The van der Waals surface area contributed by atoms with Crippen LogP contribution in [0.15, 0.2) is 54.7 Å². The van der Waals surface area contributed by atoms with Gasteiger partial charge in [-0.3, -0.25) is 4.79 Å². The lowest BCUT2D eigenvalue weighted by Crippen LogP contribution is -2.30. The summed E-state index contributed by atoms with van der Waals surface area (Å²) in [4.78, 5) is 15.6. The Morgan fingerprint density at radius 2 is 1.74 bits per heavy atom. The Balaban J connectivity index is 0.000000782. The highest BCUT2D eigenvalue weighted by molar-refractivity contribution is 5.70. The summed E-state index contributed by atoms with van der Waals surface area (Å²) < 4.78 is 11.9. The first kappa shape index (κ1) is 32.5. The Morgan fingerprint density at radius 3 is 2.44 bits per heavy atom. The number of carboxylic acids is 1. The van der Waals surface area contributed by atoms with Gasteiger partial charge in [0.1, 0.15) is 11.9 Å². The van der Waals surface area contributed by atoms with E-state index in [-0.39, 0.29) is 6.10 Å². The van der Waals surface area contributed by atoms with Crippen LogP contribution in [-0.2, 0) is 24.2 Å². The van der Waals surface area contributed by atoms with Gasteiger partial charge in [-0.2, -0.15) is 0 Å². The average Bonchev–Trinajstić information content (AvgIpc) is 3.95. The molecule has 3 aromatic rings. The number of rotatable bonds is 9. The van der Waals surface area contributed by atoms with Crippen LogP contribution in [0, 0.1) is 5.92 Å². The minimum Gasteiger partial charge on any atom is -0.485 e. The third-order valence-corrected chi connectivity index (χ3v) is 8.34. The van der Waals surface area contributed by atoms with Crippen molar-refractivity contribution in [1.82, 2.24) is 10.3 Å². The highest BCUT2D eigenvalue weighted by atomic mass is 16.5. The fraction of sp³-hybridized carbons (Fsp3) is 0.514. The molecule has 2 aromatic carbocycles. The number of benzene rings is 2. The van der Waals surface area contributed by atoms with Crippen molar-refractivity contribution < 1.29 is 19.4 Å². The summed E-state index contributed by atoms with van der Waals surface area (Å²) in [6.45, 7) is 6.55. The number of methoxy groups -OCH3 is 1. The van der Waals surface area contributed by atoms with Gasteiger partial charge in [-0.1, -0.05) is 89.6 Å². The molecule has 6 rings (SSSR count). The summed E-state index contributed by atoms with van der Waals surface area (Å²) in [6.07, 6.45) is 15.0. The molecule has 6 heteroatoms. The number of hydrogen-bond donors (Lipinski definition) is 2. The van der Waals surface area contributed by atoms with E-state index in [1.165, 1.54) is 73.6 Å². The maximum Gasteiger partial charge on any atom is 0.306 e. The molecule has 0 radical (unpaired) electrons. The van der Waals surface area contributed by atoms with E-state index in [2.05, 4.69) is 34.6 Å². The van der Waals surface area contributed by atoms with Gasteiger partial charge in [0.2, 0.25) is 5.88 Å². The van der Waals surface area contributed by atoms with Crippen LogP contribution >= 0.6 is 0 Å². The molecule has 1 unspecified atom stereocenters. The number of ether oxygens (including phenoxy) is 2. The smallest absolute Gasteiger partial charge is 0.306 e. The first-order chi connectivity index (χ1) is 21.0. The number of aryl methyl sites for hydroxylation is 1. The second kappa shape index (κ2) is 16.5. The van der Waals surface area contributed by atoms with Gasteiger partial charge in [0.25, 0.3) is 0 Å². The fourth-order valence-corrected chi connectivity index (χ4v) is 5.71. The zero-order valence-corrected chi connectivity index (χ0v) is 26.5. The molecule has 0 saturated heterocycles. The van der Waals surface area contributed by atoms with E-state index >= 15 is 0 Å². The van der Waals surface area contributed by atoms with E-state index < -0.39 is 11.9 Å². The molecule has 2 atom stereocenters. The molecule has 6 nitrogen and oxygen atoms in total. The Morgan fingerprint density at radius 1 is 1.00 bits per heavy atom. The molecular formula is C37H50N2O4. The average molecular weight is 587 g/mol. The molecule has 43 heavy (non-hydrogen) atoms. The van der Waals surface area contributed by atoms with Crippen molar-refractivity contribution in [3.05, 3.63) is 77.0 Å². The van der Waals surface area contributed by atoms with Crippen molar-refractivity contribution >= 4 is 5.97 Å². The predicted molar refractivity (Wildman–Crippen MR) is 174 cm³/mol. The molecule has 0 amide bonds. The Hall–Kier alpha value is -3.38. The number of hydrogen-bond acceptors (Lipinski definition) is 5. The largest absolute Gasteiger partial charge is 0.485 e. The fourth-order valence-electron chi connectivity index (χ4n) is 5.71. The first-order valence-corrected chi connectivity index (χ1v) is 16.4. The summed E-state index contributed by atoms with van der Waals surface area (Å²) >= 11 is 0. The third-order valence-electron chi connectivity index (χ3n) is 8.34. The lowest BCUT2D eigenvalue weighted by atomic mass is 9.91. The number of nitrogens with one attached hydrogen (secondary N) is 1. The highest BCUT2D eigenvalue weighted by Gasteiger charge is 2.24.